The van der Waals surface area contributed by atoms with Crippen LogP contribution < -0.4 is 0 Å². The van der Waals surface area contributed by atoms with Crippen LogP contribution in [-0.2, 0) is 0 Å². The number of carbonyl (C=O) groups is 1. The van der Waals surface area contributed by atoms with Crippen LogP contribution in [0.1, 0.15) is 28.3 Å². The molecule has 1 saturated heterocycles. The first-order chi connectivity index (χ1) is 10.1. The molecule has 21 heavy (non-hydrogen) atoms. The Kier molecular flexibility index (Phi) is 3.52. The molecule has 0 spiro atoms. The van der Waals surface area contributed by atoms with E-state index in [1.807, 2.05) is 18.2 Å². The summed E-state index contributed by atoms with van der Waals surface area (Å²) >= 11 is 0. The zero-order chi connectivity index (χ0) is 14.8. The average Bonchev–Trinajstić information content (AvgIpc) is 3.00. The van der Waals surface area contributed by atoms with Gasteiger partial charge in [-0.3, -0.25) is 4.79 Å². The molecule has 1 aliphatic heterocycles. The highest BCUT2D eigenvalue weighted by molar-refractivity contribution is 5.95. The summed E-state index contributed by atoms with van der Waals surface area (Å²) in [4.78, 5) is 14.2. The van der Waals surface area contributed by atoms with Gasteiger partial charge in [0, 0.05) is 24.6 Å². The van der Waals surface area contributed by atoms with Gasteiger partial charge in [-0.1, -0.05) is 30.3 Å². The minimum Gasteiger partial charge on any atom is -0.504 e. The number of nitrogens with zero attached hydrogens (tertiary/aromatic N) is 1. The zero-order valence-electron chi connectivity index (χ0n) is 11.6. The van der Waals surface area contributed by atoms with Gasteiger partial charge >= 0.3 is 0 Å². The Bertz CT molecular complexity index is 654. The van der Waals surface area contributed by atoms with Gasteiger partial charge in [-0.25, -0.2) is 0 Å². The summed E-state index contributed by atoms with van der Waals surface area (Å²) in [6.07, 6.45) is 0.944. The summed E-state index contributed by atoms with van der Waals surface area (Å²) in [5, 5.41) is 18.8. The van der Waals surface area contributed by atoms with Gasteiger partial charge in [0.2, 0.25) is 0 Å². The fourth-order valence-electron chi connectivity index (χ4n) is 2.78. The lowest BCUT2D eigenvalue weighted by atomic mass is 9.99. The topological polar surface area (TPSA) is 60.8 Å². The third kappa shape index (κ3) is 2.70. The number of carbonyl (C=O) groups excluding carboxylic acids is 1. The van der Waals surface area contributed by atoms with E-state index in [9.17, 15) is 15.0 Å². The molecule has 0 aromatic heterocycles. The highest BCUT2D eigenvalue weighted by atomic mass is 16.3. The molecule has 0 bridgehead atoms. The monoisotopic (exact) mass is 283 g/mol. The molecule has 1 unspecified atom stereocenters. The number of benzene rings is 2. The lowest BCUT2D eigenvalue weighted by molar-refractivity contribution is 0.0790. The Morgan fingerprint density at radius 1 is 1.05 bits per heavy atom. The Labute approximate surface area is 123 Å². The first kappa shape index (κ1) is 13.5. The summed E-state index contributed by atoms with van der Waals surface area (Å²) in [5.41, 5.74) is 1.65. The summed E-state index contributed by atoms with van der Waals surface area (Å²) < 4.78 is 0. The second-order valence-corrected chi connectivity index (χ2v) is 5.35. The molecule has 1 fully saturated rings. The molecule has 4 nitrogen and oxygen atoms in total. The van der Waals surface area contributed by atoms with E-state index in [0.29, 0.717) is 24.6 Å². The lowest BCUT2D eigenvalue weighted by Gasteiger charge is -2.17. The number of amides is 1. The molecule has 0 aliphatic carbocycles. The molecule has 0 radical (unpaired) electrons. The molecule has 1 aliphatic rings. The Hall–Kier alpha value is -2.49. The molecule has 0 saturated carbocycles. The van der Waals surface area contributed by atoms with Gasteiger partial charge in [0.25, 0.3) is 5.91 Å². The molecular formula is C17H17NO3. The summed E-state index contributed by atoms with van der Waals surface area (Å²) in [6, 6.07) is 14.4. The van der Waals surface area contributed by atoms with Gasteiger partial charge in [-0.2, -0.15) is 0 Å². The van der Waals surface area contributed by atoms with Gasteiger partial charge in [-0.15, -0.1) is 0 Å². The zero-order valence-corrected chi connectivity index (χ0v) is 11.6. The Morgan fingerprint density at radius 2 is 1.81 bits per heavy atom. The highest BCUT2D eigenvalue weighted by Crippen LogP contribution is 2.30. The Balaban J connectivity index is 1.74. The fourth-order valence-corrected chi connectivity index (χ4v) is 2.78. The standard InChI is InChI=1S/C17H17NO3/c19-15-7-6-13(10-16(15)20)17(21)18-9-8-14(11-18)12-4-2-1-3-5-12/h1-7,10,14,19-20H,8-9,11H2. The van der Waals surface area contributed by atoms with Crippen molar-refractivity contribution in [2.75, 3.05) is 13.1 Å². The van der Waals surface area contributed by atoms with E-state index in [4.69, 9.17) is 0 Å². The predicted octanol–water partition coefficient (Wildman–Crippen LogP) is 2.73. The Morgan fingerprint density at radius 3 is 2.52 bits per heavy atom. The van der Waals surface area contributed by atoms with E-state index < -0.39 is 0 Å². The first-order valence-electron chi connectivity index (χ1n) is 7.01. The summed E-state index contributed by atoms with van der Waals surface area (Å²) in [6.45, 7) is 1.39. The number of phenols is 2. The largest absolute Gasteiger partial charge is 0.504 e. The molecule has 4 heteroatoms. The molecule has 2 N–H and O–H groups in total. The van der Waals surface area contributed by atoms with Gasteiger partial charge < -0.3 is 15.1 Å². The van der Waals surface area contributed by atoms with Crippen LogP contribution in [0.15, 0.2) is 48.5 Å². The number of phenolic OH excluding ortho intramolecular Hbond substituents is 2. The lowest BCUT2D eigenvalue weighted by Crippen LogP contribution is -2.28. The molecular weight excluding hydrogens is 266 g/mol. The third-order valence-electron chi connectivity index (χ3n) is 3.97. The molecule has 1 atom stereocenters. The van der Waals surface area contributed by atoms with Crippen LogP contribution in [0.5, 0.6) is 11.5 Å². The quantitative estimate of drug-likeness (QED) is 0.833. The second kappa shape index (κ2) is 5.48. The molecule has 3 rings (SSSR count). The van der Waals surface area contributed by atoms with Crippen molar-refractivity contribution >= 4 is 5.91 Å². The van der Waals surface area contributed by atoms with Gasteiger partial charge in [0.1, 0.15) is 0 Å². The van der Waals surface area contributed by atoms with Crippen LogP contribution in [0.4, 0.5) is 0 Å². The van der Waals surface area contributed by atoms with Crippen LogP contribution in [0.25, 0.3) is 0 Å². The maximum absolute atomic E-state index is 12.4. The van der Waals surface area contributed by atoms with Crippen LogP contribution in [-0.4, -0.2) is 34.1 Å². The van der Waals surface area contributed by atoms with Crippen molar-refractivity contribution in [1.29, 1.82) is 0 Å². The fraction of sp³-hybridized carbons (Fsp3) is 0.235. The molecule has 1 heterocycles. The normalized spacial score (nSPS) is 17.9. The smallest absolute Gasteiger partial charge is 0.254 e. The van der Waals surface area contributed by atoms with Crippen LogP contribution in [0.3, 0.4) is 0 Å². The number of hydrogen-bond acceptors (Lipinski definition) is 3. The molecule has 2 aromatic rings. The van der Waals surface area contributed by atoms with Crippen molar-refractivity contribution in [3.63, 3.8) is 0 Å². The molecule has 2 aromatic carbocycles. The van der Waals surface area contributed by atoms with Crippen molar-refractivity contribution < 1.29 is 15.0 Å². The van der Waals surface area contributed by atoms with E-state index >= 15 is 0 Å². The third-order valence-corrected chi connectivity index (χ3v) is 3.97. The van der Waals surface area contributed by atoms with Crippen molar-refractivity contribution in [1.82, 2.24) is 4.90 Å². The maximum Gasteiger partial charge on any atom is 0.254 e. The molecule has 108 valence electrons. The number of rotatable bonds is 2. The van der Waals surface area contributed by atoms with Crippen LogP contribution in [0, 0.1) is 0 Å². The van der Waals surface area contributed by atoms with Crippen LogP contribution in [0.2, 0.25) is 0 Å². The van der Waals surface area contributed by atoms with Crippen molar-refractivity contribution in [3.8, 4) is 11.5 Å². The van der Waals surface area contributed by atoms with Crippen LogP contribution >= 0.6 is 0 Å². The second-order valence-electron chi connectivity index (χ2n) is 5.35. The summed E-state index contributed by atoms with van der Waals surface area (Å²) in [5.74, 6) is -0.223. The van der Waals surface area contributed by atoms with Crippen molar-refractivity contribution in [2.24, 2.45) is 0 Å². The number of aromatic hydroxyl groups is 2. The number of hydrogen-bond donors (Lipinski definition) is 2. The van der Waals surface area contributed by atoms with Crippen molar-refractivity contribution in [3.05, 3.63) is 59.7 Å². The van der Waals surface area contributed by atoms with Gasteiger partial charge in [0.15, 0.2) is 11.5 Å². The van der Waals surface area contributed by atoms with Gasteiger partial charge in [-0.05, 0) is 30.2 Å². The van der Waals surface area contributed by atoms with Gasteiger partial charge in [0.05, 0.1) is 0 Å². The molecule has 1 amide bonds. The average molecular weight is 283 g/mol. The van der Waals surface area contributed by atoms with E-state index in [0.717, 1.165) is 6.42 Å². The van der Waals surface area contributed by atoms with E-state index in [2.05, 4.69) is 12.1 Å². The van der Waals surface area contributed by atoms with E-state index in [1.165, 1.54) is 23.8 Å². The van der Waals surface area contributed by atoms with Crippen molar-refractivity contribution in [2.45, 2.75) is 12.3 Å². The minimum absolute atomic E-state index is 0.108. The summed E-state index contributed by atoms with van der Waals surface area (Å²) in [7, 11) is 0. The minimum atomic E-state index is -0.264. The first-order valence-corrected chi connectivity index (χ1v) is 7.01. The van der Waals surface area contributed by atoms with E-state index in [1.54, 1.807) is 4.90 Å². The highest BCUT2D eigenvalue weighted by Gasteiger charge is 2.28. The number of likely N-dealkylation sites (tertiary alicyclic amines) is 1. The van der Waals surface area contributed by atoms with E-state index in [-0.39, 0.29) is 17.4 Å². The predicted molar refractivity (Wildman–Crippen MR) is 79.5 cm³/mol. The SMILES string of the molecule is O=C(c1ccc(O)c(O)c1)N1CCC(c2ccccc2)C1. The maximum atomic E-state index is 12.4.